The Bertz CT molecular complexity index is 67.7. The van der Waals surface area contributed by atoms with Crippen LogP contribution in [0, 0.1) is 0 Å². The molecule has 0 aliphatic heterocycles. The van der Waals surface area contributed by atoms with Gasteiger partial charge in [0.2, 0.25) is 0 Å². The first-order chi connectivity index (χ1) is 2.00. The fourth-order valence-electron chi connectivity index (χ4n) is 0. The van der Waals surface area contributed by atoms with Crippen LogP contribution in [-0.2, 0) is 248 Å². The summed E-state index contributed by atoms with van der Waals surface area (Å²) in [6, 6.07) is 0. The van der Waals surface area contributed by atoms with Gasteiger partial charge in [0.15, 0.2) is 0 Å². The molecule has 0 heterocycles. The van der Waals surface area contributed by atoms with Gasteiger partial charge in [-0.2, -0.15) is 0 Å². The summed E-state index contributed by atoms with van der Waals surface area (Å²) in [5.41, 5.74) is 0. The maximum absolute atomic E-state index is 7.44. The molecular formula is H75NiO39SiW11+. The standard InChI is InChI=1S/Ni.H4O4Si.35H2O.11W/c;1-5(2,3)4;;;;;;;;;;;;;;;;;;;;;;;;;;;;;;;;;;;;;;;;;;;;;;/h;1-4H;35*1H2;;;;;;;;;;;/p+1. The van der Waals surface area contributed by atoms with Crippen molar-refractivity contribution >= 4 is 9.05 Å². The molecule has 0 saturated carbocycles. The summed E-state index contributed by atoms with van der Waals surface area (Å²) in [6.07, 6.45) is 0. The summed E-state index contributed by atoms with van der Waals surface area (Å²) in [6.45, 7) is 0. The van der Waals surface area contributed by atoms with E-state index in [1.807, 2.05) is 0 Å². The van der Waals surface area contributed by atoms with E-state index in [9.17, 15) is 0 Å². The predicted octanol–water partition coefficient (Wildman–Crippen LogP) is -31.8. The Hall–Kier alpha value is 6.72. The zero-order valence-electron chi connectivity index (χ0n) is 24.6. The molecule has 0 spiro atoms. The molecular weight excluding hydrogens is 2730 g/mol. The molecule has 0 fully saturated rings. The maximum atomic E-state index is 7.44. The molecule has 0 aromatic rings. The van der Waals surface area contributed by atoms with Crippen LogP contribution in [0.1, 0.15) is 0 Å². The second-order valence-corrected chi connectivity index (χ2v) is 1.91. The van der Waals surface area contributed by atoms with Crippen molar-refractivity contribution in [1.82, 2.24) is 0 Å². The minimum absolute atomic E-state index is 0. The van der Waals surface area contributed by atoms with Gasteiger partial charge in [0, 0.05) is 248 Å². The molecule has 52 heavy (non-hydrogen) atoms. The van der Waals surface area contributed by atoms with Gasteiger partial charge in [-0.3, -0.25) is 0 Å². The zero-order chi connectivity index (χ0) is 4.50. The van der Waals surface area contributed by atoms with E-state index in [0.717, 1.165) is 0 Å². The molecule has 0 amide bonds. The Labute approximate surface area is 462 Å². The van der Waals surface area contributed by atoms with Gasteiger partial charge in [-0.15, -0.1) is 0 Å². The second kappa shape index (κ2) is 1150. The van der Waals surface area contributed by atoms with Crippen molar-refractivity contribution in [2.45, 2.75) is 0 Å². The van der Waals surface area contributed by atoms with E-state index in [1.165, 1.54) is 0 Å². The van der Waals surface area contributed by atoms with E-state index in [0.29, 0.717) is 0 Å². The van der Waals surface area contributed by atoms with E-state index in [2.05, 4.69) is 0 Å². The largest absolute Gasteiger partial charge is 0.900 e. The minimum atomic E-state index is -4.36. The Balaban J connectivity index is -0.0000000000740. The van der Waals surface area contributed by atoms with Crippen LogP contribution in [0.15, 0.2) is 0 Å². The van der Waals surface area contributed by atoms with Crippen molar-refractivity contribution in [3.8, 4) is 0 Å². The molecule has 388 valence electrons. The van der Waals surface area contributed by atoms with Gasteiger partial charge >= 0.3 is 9.05 Å². The molecule has 0 aliphatic rings. The summed E-state index contributed by atoms with van der Waals surface area (Å²) >= 11 is 0. The maximum Gasteiger partial charge on any atom is 0.900 e. The summed E-state index contributed by atoms with van der Waals surface area (Å²) in [7, 11) is -4.36. The minimum Gasteiger partial charge on any atom is -0.475 e. The van der Waals surface area contributed by atoms with Crippen LogP contribution in [0.2, 0.25) is 0 Å². The van der Waals surface area contributed by atoms with Crippen molar-refractivity contribution in [3.05, 3.63) is 0 Å². The molecule has 0 aromatic carbocycles. The van der Waals surface area contributed by atoms with E-state index in [1.54, 1.807) is 0 Å². The Morgan fingerprint density at radius 3 is 0.173 bits per heavy atom. The average Bonchev–Trinajstić information content (AvgIpc) is 0.722. The summed E-state index contributed by atoms with van der Waals surface area (Å²) in [5, 5.41) is 0. The molecule has 75 N–H and O–H groups in total. The molecule has 0 unspecified atom stereocenters. The summed E-state index contributed by atoms with van der Waals surface area (Å²) in [4.78, 5) is 28.1. The molecule has 0 aromatic heterocycles. The third kappa shape index (κ3) is 3900. The second-order valence-electron chi connectivity index (χ2n) is 0.635. The van der Waals surface area contributed by atoms with Gasteiger partial charge in [0.05, 0.1) is 0 Å². The van der Waals surface area contributed by atoms with Gasteiger partial charge in [-0.25, -0.2) is 0 Å². The fourth-order valence-corrected chi connectivity index (χ4v) is 0. The smallest absolute Gasteiger partial charge is 0.475 e. The van der Waals surface area contributed by atoms with Crippen LogP contribution < -0.4 is 0 Å². The topological polar surface area (TPSA) is 1190 Å². The van der Waals surface area contributed by atoms with Crippen LogP contribution in [0.5, 0.6) is 0 Å². The Morgan fingerprint density at radius 1 is 0.173 bits per heavy atom. The first-order valence-electron chi connectivity index (χ1n) is 0.921. The van der Waals surface area contributed by atoms with Gasteiger partial charge < -0.3 is 211 Å². The van der Waals surface area contributed by atoms with Crippen LogP contribution in [0.3, 0.4) is 0 Å². The van der Waals surface area contributed by atoms with Gasteiger partial charge in [-0.05, 0) is 0 Å². The number of hydrogen-bond acceptors (Lipinski definition) is 3. The van der Waals surface area contributed by atoms with Crippen molar-refractivity contribution in [2.75, 3.05) is 0 Å². The third-order valence-corrected chi connectivity index (χ3v) is 0. The van der Waals surface area contributed by atoms with Gasteiger partial charge in [0.1, 0.15) is 0 Å². The monoisotopic (exact) mass is 2810 g/mol. The van der Waals surface area contributed by atoms with Crippen molar-refractivity contribution in [1.29, 1.82) is 0 Å². The molecule has 0 saturated heterocycles. The van der Waals surface area contributed by atoms with E-state index < -0.39 is 9.05 Å². The summed E-state index contributed by atoms with van der Waals surface area (Å²) < 4.78 is 0. The quantitative estimate of drug-likeness (QED) is 0.157. The number of rotatable bonds is 0. The van der Waals surface area contributed by atoms with E-state index >= 15 is 0 Å². The molecule has 0 aliphatic carbocycles. The van der Waals surface area contributed by atoms with E-state index in [-0.39, 0.29) is 440 Å². The van der Waals surface area contributed by atoms with Crippen LogP contribution >= 0.6 is 0 Å². The zero-order valence-corrected chi connectivity index (χ0v) is 58.9. The molecule has 0 atom stereocenters. The van der Waals surface area contributed by atoms with Crippen LogP contribution in [-0.4, -0.2) is 220 Å². The Morgan fingerprint density at radius 2 is 0.173 bits per heavy atom. The van der Waals surface area contributed by atoms with Crippen molar-refractivity contribution < 1.29 is 459 Å². The molecule has 0 radical (unpaired) electrons. The average molecular weight is 2810 g/mol. The molecule has 0 bridgehead atoms. The van der Waals surface area contributed by atoms with Crippen molar-refractivity contribution in [2.24, 2.45) is 0 Å². The SMILES string of the molecule is O.O.O.O.O.O.O.O.O.O.O.O.O.O.O.O.O.O.O.O.O.O.O.O.O.O.O.O.O.O.O.O.O.O.O.O[Si](O)(O)[OH2+].[Ni].[W].[W].[W].[W].[W].[W].[W].[W].[W].[W].[W]. The van der Waals surface area contributed by atoms with Crippen molar-refractivity contribution in [3.63, 3.8) is 0 Å². The normalized spacial score (nSPS) is 1.15. The predicted molar refractivity (Wildman–Crippen MR) is 143 cm³/mol. The van der Waals surface area contributed by atoms with Gasteiger partial charge in [-0.1, -0.05) is 0 Å². The molecule has 52 heteroatoms. The number of hydrogen-bond donors (Lipinski definition) is 3. The van der Waals surface area contributed by atoms with Gasteiger partial charge in [0.25, 0.3) is 0 Å². The van der Waals surface area contributed by atoms with Crippen LogP contribution in [0.25, 0.3) is 0 Å². The first kappa shape index (κ1) is 1700. The summed E-state index contributed by atoms with van der Waals surface area (Å²) in [5.74, 6) is 0. The third-order valence-electron chi connectivity index (χ3n) is 0. The Kier molecular flexibility index (Phi) is 37600. The van der Waals surface area contributed by atoms with E-state index in [4.69, 9.17) is 19.2 Å². The molecule has 0 rings (SSSR count). The fraction of sp³-hybridized carbons (Fsp3) is 0. The first-order valence-corrected chi connectivity index (χ1v) is 2.76. The van der Waals surface area contributed by atoms with Crippen LogP contribution in [0.4, 0.5) is 0 Å². The molecule has 39 nitrogen and oxygen atoms in total.